The Hall–Kier alpha value is 1.08. The van der Waals surface area contributed by atoms with Crippen molar-refractivity contribution in [2.24, 2.45) is 8.30 Å². The van der Waals surface area contributed by atoms with Crippen molar-refractivity contribution in [2.45, 2.75) is 0 Å². The molecule has 1 heterocycles. The highest BCUT2D eigenvalue weighted by atomic mass is 32.2. The van der Waals surface area contributed by atoms with E-state index >= 15 is 0 Å². The minimum atomic E-state index is -1.30. The van der Waals surface area contributed by atoms with Gasteiger partial charge in [0.05, 0.1) is 38.7 Å². The molecule has 1 aliphatic rings. The first-order chi connectivity index (χ1) is 5.41. The largest absolute Gasteiger partial charge is 0.207 e. The van der Waals surface area contributed by atoms with Crippen molar-refractivity contribution in [3.8, 4) is 0 Å². The second-order valence-corrected chi connectivity index (χ2v) is 12.0. The summed E-state index contributed by atoms with van der Waals surface area (Å²) in [7, 11) is -2.60. The van der Waals surface area contributed by atoms with Crippen molar-refractivity contribution in [2.75, 3.05) is 26.7 Å². The summed E-state index contributed by atoms with van der Waals surface area (Å²) in [6.07, 6.45) is 0. The lowest BCUT2D eigenvalue weighted by Gasteiger charge is -2.20. The van der Waals surface area contributed by atoms with Gasteiger partial charge >= 0.3 is 0 Å². The van der Waals surface area contributed by atoms with Crippen LogP contribution in [0.15, 0.2) is 8.30 Å². The molecule has 0 atom stereocenters. The second kappa shape index (κ2) is 4.07. The zero-order valence-electron chi connectivity index (χ0n) is 7.61. The summed E-state index contributed by atoms with van der Waals surface area (Å²) in [4.78, 5) is 0. The Labute approximate surface area is 82.8 Å². The molecule has 0 radical (unpaired) electrons. The SMILES string of the molecule is CP1(C)=NSNP(C)(C)=NSN1. The smallest absolute Gasteiger partial charge is 0.0636 e. The summed E-state index contributed by atoms with van der Waals surface area (Å²) in [5.41, 5.74) is 0. The predicted octanol–water partition coefficient (Wildman–Crippen LogP) is 3.06. The van der Waals surface area contributed by atoms with E-state index in [0.29, 0.717) is 0 Å². The summed E-state index contributed by atoms with van der Waals surface area (Å²) < 4.78 is 15.5. The molecule has 1 rings (SSSR count). The van der Waals surface area contributed by atoms with Crippen LogP contribution in [0.1, 0.15) is 0 Å². The van der Waals surface area contributed by atoms with Crippen LogP contribution in [0.5, 0.6) is 0 Å². The Morgan fingerprint density at radius 2 is 1.17 bits per heavy atom. The molecule has 0 bridgehead atoms. The van der Waals surface area contributed by atoms with Gasteiger partial charge in [-0.15, -0.1) is 0 Å². The number of nitrogens with one attached hydrogen (secondary N) is 2. The minimum absolute atomic E-state index is 1.30. The lowest BCUT2D eigenvalue weighted by Crippen LogP contribution is -2.02. The molecule has 0 amide bonds. The summed E-state index contributed by atoms with van der Waals surface area (Å²) in [5.74, 6) is 0. The number of hydrogen-bond donors (Lipinski definition) is 2. The molecule has 0 aromatic rings. The van der Waals surface area contributed by atoms with Gasteiger partial charge in [0.15, 0.2) is 0 Å². The van der Waals surface area contributed by atoms with Crippen molar-refractivity contribution >= 4 is 38.7 Å². The number of hydrogen-bond acceptors (Lipinski definition) is 6. The van der Waals surface area contributed by atoms with E-state index in [1.54, 1.807) is 0 Å². The fourth-order valence-corrected chi connectivity index (χ4v) is 5.52. The zero-order chi connectivity index (χ0) is 9.24. The van der Waals surface area contributed by atoms with Crippen LogP contribution in [0.2, 0.25) is 0 Å². The van der Waals surface area contributed by atoms with Crippen molar-refractivity contribution < 1.29 is 0 Å². The average molecular weight is 244 g/mol. The molecular formula is C4H14N4P2S2. The summed E-state index contributed by atoms with van der Waals surface area (Å²) in [6, 6.07) is 0. The summed E-state index contributed by atoms with van der Waals surface area (Å²) in [5, 5.41) is 0. The molecular weight excluding hydrogens is 230 g/mol. The fraction of sp³-hybridized carbons (Fsp3) is 1.00. The van der Waals surface area contributed by atoms with E-state index in [9.17, 15) is 0 Å². The first-order valence-electron chi connectivity index (χ1n) is 3.41. The second-order valence-electron chi connectivity index (χ2n) is 3.32. The number of rotatable bonds is 0. The van der Waals surface area contributed by atoms with Crippen LogP contribution < -0.4 is 8.99 Å². The molecule has 0 aliphatic carbocycles. The third kappa shape index (κ3) is 3.86. The maximum atomic E-state index is 4.46. The first-order valence-corrected chi connectivity index (χ1v) is 10.2. The molecule has 2 N–H and O–H groups in total. The van der Waals surface area contributed by atoms with Gasteiger partial charge in [0, 0.05) is 0 Å². The molecule has 0 saturated carbocycles. The van der Waals surface area contributed by atoms with Crippen LogP contribution in [-0.4, -0.2) is 26.7 Å². The molecule has 4 nitrogen and oxygen atoms in total. The van der Waals surface area contributed by atoms with Gasteiger partial charge in [-0.3, -0.25) is 0 Å². The Kier molecular flexibility index (Phi) is 3.79. The molecule has 0 saturated heterocycles. The number of nitrogens with zero attached hydrogens (tertiary/aromatic N) is 2. The predicted molar refractivity (Wildman–Crippen MR) is 63.8 cm³/mol. The fourth-order valence-electron chi connectivity index (χ4n) is 0.474. The highest BCUT2D eigenvalue weighted by molar-refractivity contribution is 8.10. The Morgan fingerprint density at radius 1 is 0.833 bits per heavy atom. The Balaban J connectivity index is 2.73. The normalized spacial score (nSPS) is 27.7. The van der Waals surface area contributed by atoms with Gasteiger partial charge in [-0.2, -0.15) is 0 Å². The van der Waals surface area contributed by atoms with E-state index in [4.69, 9.17) is 0 Å². The maximum absolute atomic E-state index is 4.46. The van der Waals surface area contributed by atoms with Gasteiger partial charge in [0.25, 0.3) is 0 Å². The van der Waals surface area contributed by atoms with Gasteiger partial charge in [-0.25, -0.2) is 17.3 Å². The lowest BCUT2D eigenvalue weighted by molar-refractivity contribution is 1.54. The molecule has 0 unspecified atom stereocenters. The molecule has 1 aliphatic heterocycles. The third-order valence-electron chi connectivity index (χ3n) is 1.02. The van der Waals surface area contributed by atoms with Crippen LogP contribution in [0, 0.1) is 0 Å². The zero-order valence-corrected chi connectivity index (χ0v) is 11.0. The van der Waals surface area contributed by atoms with Crippen LogP contribution in [0.4, 0.5) is 0 Å². The molecule has 8 heteroatoms. The highest BCUT2D eigenvalue weighted by Crippen LogP contribution is 2.49. The van der Waals surface area contributed by atoms with E-state index in [0.717, 1.165) is 0 Å². The Bertz CT molecular complexity index is 236. The van der Waals surface area contributed by atoms with Gasteiger partial charge in [0.2, 0.25) is 0 Å². The summed E-state index contributed by atoms with van der Waals surface area (Å²) in [6.45, 7) is 8.50. The molecule has 72 valence electrons. The lowest BCUT2D eigenvalue weighted by atomic mass is 11.9. The summed E-state index contributed by atoms with van der Waals surface area (Å²) >= 11 is 2.89. The van der Waals surface area contributed by atoms with E-state index in [-0.39, 0.29) is 0 Å². The van der Waals surface area contributed by atoms with E-state index in [1.807, 2.05) is 0 Å². The topological polar surface area (TPSA) is 48.8 Å². The monoisotopic (exact) mass is 244 g/mol. The standard InChI is InChI=1S/C4H14N4P2S2/c1-9(2)5-11-7-10(3,4)8-12-6-9/h5,8H,1-4H3. The minimum Gasteiger partial charge on any atom is -0.207 e. The van der Waals surface area contributed by atoms with E-state index in [2.05, 4.69) is 43.9 Å². The van der Waals surface area contributed by atoms with Crippen molar-refractivity contribution in [3.05, 3.63) is 0 Å². The van der Waals surface area contributed by atoms with Crippen LogP contribution in [-0.2, 0) is 0 Å². The highest BCUT2D eigenvalue weighted by Gasteiger charge is 2.11. The van der Waals surface area contributed by atoms with E-state index in [1.165, 1.54) is 24.3 Å². The van der Waals surface area contributed by atoms with Crippen LogP contribution in [0.3, 0.4) is 0 Å². The molecule has 12 heavy (non-hydrogen) atoms. The van der Waals surface area contributed by atoms with Crippen molar-refractivity contribution in [1.82, 2.24) is 8.99 Å². The molecule has 0 aromatic heterocycles. The maximum Gasteiger partial charge on any atom is 0.0636 e. The first kappa shape index (κ1) is 11.2. The molecule has 0 aromatic carbocycles. The van der Waals surface area contributed by atoms with Crippen LogP contribution in [0.25, 0.3) is 0 Å². The van der Waals surface area contributed by atoms with Gasteiger partial charge < -0.3 is 0 Å². The van der Waals surface area contributed by atoms with Gasteiger partial charge in [-0.1, -0.05) is 0 Å². The van der Waals surface area contributed by atoms with E-state index < -0.39 is 14.4 Å². The van der Waals surface area contributed by atoms with Gasteiger partial charge in [-0.05, 0) is 26.7 Å². The average Bonchev–Trinajstić information content (AvgIpc) is 1.82. The van der Waals surface area contributed by atoms with Gasteiger partial charge in [0.1, 0.15) is 0 Å². The van der Waals surface area contributed by atoms with Crippen molar-refractivity contribution in [1.29, 1.82) is 0 Å². The van der Waals surface area contributed by atoms with Crippen LogP contribution >= 0.6 is 38.7 Å². The third-order valence-corrected chi connectivity index (χ3v) is 9.17. The van der Waals surface area contributed by atoms with Crippen molar-refractivity contribution in [3.63, 3.8) is 0 Å². The quantitative estimate of drug-likeness (QED) is 0.508. The molecule has 0 fully saturated rings. The molecule has 0 spiro atoms. The Morgan fingerprint density at radius 3 is 1.50 bits per heavy atom.